The maximum Gasteiger partial charge on any atom is 0.348 e. The summed E-state index contributed by atoms with van der Waals surface area (Å²) in [5.74, 6) is 1.59. The zero-order valence-corrected chi connectivity index (χ0v) is 17.6. The summed E-state index contributed by atoms with van der Waals surface area (Å²) in [7, 11) is 1.61. The molecule has 0 saturated carbocycles. The first kappa shape index (κ1) is 20.0. The van der Waals surface area contributed by atoms with Gasteiger partial charge in [0.05, 0.1) is 12.8 Å². The molecular formula is C21H22Cl2N4O2. The largest absolute Gasteiger partial charge is 0.497 e. The predicted molar refractivity (Wildman–Crippen MR) is 114 cm³/mol. The Hall–Kier alpha value is -2.28. The van der Waals surface area contributed by atoms with Crippen LogP contribution in [0.15, 0.2) is 47.3 Å². The van der Waals surface area contributed by atoms with Gasteiger partial charge in [0.2, 0.25) is 0 Å². The number of hydrogen-bond donors (Lipinski definition) is 1. The third-order valence-electron chi connectivity index (χ3n) is 5.29. The summed E-state index contributed by atoms with van der Waals surface area (Å²) in [6.07, 6.45) is 1.99. The SMILES string of the molecule is COc1ccc(-n2nc(C3CCCN(Cc4c(Cl)cccc4Cl)C3)[nH]c2=O)cc1. The van der Waals surface area contributed by atoms with Crippen LogP contribution in [0.25, 0.3) is 5.69 Å². The van der Waals surface area contributed by atoms with E-state index in [2.05, 4.69) is 15.0 Å². The highest BCUT2D eigenvalue weighted by atomic mass is 35.5. The molecule has 6 nitrogen and oxygen atoms in total. The molecule has 0 amide bonds. The maximum atomic E-state index is 12.5. The normalized spacial score (nSPS) is 17.4. The van der Waals surface area contributed by atoms with Gasteiger partial charge in [0.1, 0.15) is 11.6 Å². The Bertz CT molecular complexity index is 1030. The fraction of sp³-hybridized carbons (Fsp3) is 0.333. The third kappa shape index (κ3) is 4.34. The number of ether oxygens (including phenoxy) is 1. The van der Waals surface area contributed by atoms with E-state index >= 15 is 0 Å². The van der Waals surface area contributed by atoms with Crippen LogP contribution in [-0.4, -0.2) is 39.9 Å². The van der Waals surface area contributed by atoms with Gasteiger partial charge in [0, 0.05) is 34.6 Å². The van der Waals surface area contributed by atoms with Gasteiger partial charge >= 0.3 is 5.69 Å². The Labute approximate surface area is 179 Å². The lowest BCUT2D eigenvalue weighted by atomic mass is 9.97. The second-order valence-electron chi connectivity index (χ2n) is 7.20. The molecule has 1 N–H and O–H groups in total. The van der Waals surface area contributed by atoms with E-state index < -0.39 is 0 Å². The monoisotopic (exact) mass is 432 g/mol. The van der Waals surface area contributed by atoms with E-state index in [1.807, 2.05) is 42.5 Å². The molecule has 29 heavy (non-hydrogen) atoms. The molecule has 1 saturated heterocycles. The fourth-order valence-corrected chi connectivity index (χ4v) is 4.27. The predicted octanol–water partition coefficient (Wildman–Crippen LogP) is 4.26. The molecule has 3 aromatic rings. The van der Waals surface area contributed by atoms with Gasteiger partial charge in [-0.05, 0) is 55.8 Å². The average Bonchev–Trinajstić information content (AvgIpc) is 3.13. The third-order valence-corrected chi connectivity index (χ3v) is 6.00. The van der Waals surface area contributed by atoms with Crippen molar-refractivity contribution >= 4 is 23.2 Å². The van der Waals surface area contributed by atoms with Gasteiger partial charge in [0.25, 0.3) is 0 Å². The Morgan fingerprint density at radius 3 is 2.59 bits per heavy atom. The van der Waals surface area contributed by atoms with E-state index in [1.165, 1.54) is 4.68 Å². The Morgan fingerprint density at radius 1 is 1.17 bits per heavy atom. The first-order chi connectivity index (χ1) is 14.0. The number of nitrogens with zero attached hydrogens (tertiary/aromatic N) is 3. The van der Waals surface area contributed by atoms with Crippen LogP contribution in [0, 0.1) is 0 Å². The van der Waals surface area contributed by atoms with Crippen LogP contribution in [0.2, 0.25) is 10.0 Å². The van der Waals surface area contributed by atoms with Gasteiger partial charge in [-0.3, -0.25) is 9.88 Å². The highest BCUT2D eigenvalue weighted by Gasteiger charge is 2.25. The van der Waals surface area contributed by atoms with Crippen molar-refractivity contribution in [2.24, 2.45) is 0 Å². The number of piperidine rings is 1. The van der Waals surface area contributed by atoms with Crippen LogP contribution >= 0.6 is 23.2 Å². The lowest BCUT2D eigenvalue weighted by Gasteiger charge is -2.32. The van der Waals surface area contributed by atoms with Crippen LogP contribution in [0.3, 0.4) is 0 Å². The second-order valence-corrected chi connectivity index (χ2v) is 8.01. The van der Waals surface area contributed by atoms with Gasteiger partial charge < -0.3 is 4.74 Å². The maximum absolute atomic E-state index is 12.5. The minimum Gasteiger partial charge on any atom is -0.497 e. The van der Waals surface area contributed by atoms with E-state index in [-0.39, 0.29) is 11.6 Å². The summed E-state index contributed by atoms with van der Waals surface area (Å²) in [4.78, 5) is 17.7. The van der Waals surface area contributed by atoms with Crippen molar-refractivity contribution in [3.8, 4) is 11.4 Å². The summed E-state index contributed by atoms with van der Waals surface area (Å²) >= 11 is 12.7. The highest BCUT2D eigenvalue weighted by Crippen LogP contribution is 2.30. The number of hydrogen-bond acceptors (Lipinski definition) is 4. The number of likely N-dealkylation sites (tertiary alicyclic amines) is 1. The van der Waals surface area contributed by atoms with E-state index in [0.29, 0.717) is 28.1 Å². The van der Waals surface area contributed by atoms with Crippen molar-refractivity contribution in [2.45, 2.75) is 25.3 Å². The smallest absolute Gasteiger partial charge is 0.348 e. The number of halogens is 2. The molecule has 1 atom stereocenters. The van der Waals surface area contributed by atoms with Crippen molar-refractivity contribution in [2.75, 3.05) is 20.2 Å². The summed E-state index contributed by atoms with van der Waals surface area (Å²) in [6, 6.07) is 12.8. The standard InChI is InChI=1S/C21H22Cl2N4O2/c1-29-16-9-7-15(8-10-16)27-21(28)24-20(25-27)14-4-3-11-26(12-14)13-17-18(22)5-2-6-19(17)23/h2,5-10,14H,3-4,11-13H2,1H3,(H,24,25,28). The molecule has 1 fully saturated rings. The van der Waals surface area contributed by atoms with Crippen LogP contribution < -0.4 is 10.4 Å². The van der Waals surface area contributed by atoms with Crippen LogP contribution in [0.5, 0.6) is 5.75 Å². The van der Waals surface area contributed by atoms with E-state index in [0.717, 1.165) is 37.2 Å². The van der Waals surface area contributed by atoms with Crippen molar-refractivity contribution in [3.63, 3.8) is 0 Å². The van der Waals surface area contributed by atoms with Gasteiger partial charge in [-0.2, -0.15) is 4.68 Å². The number of methoxy groups -OCH3 is 1. The summed E-state index contributed by atoms with van der Waals surface area (Å²) in [5.41, 5.74) is 1.40. The number of aromatic amines is 1. The van der Waals surface area contributed by atoms with Gasteiger partial charge in [-0.25, -0.2) is 4.79 Å². The molecule has 4 rings (SSSR count). The van der Waals surface area contributed by atoms with Crippen molar-refractivity contribution in [1.29, 1.82) is 0 Å². The van der Waals surface area contributed by atoms with E-state index in [9.17, 15) is 4.79 Å². The quantitative estimate of drug-likeness (QED) is 0.654. The lowest BCUT2D eigenvalue weighted by Crippen LogP contribution is -2.34. The fourth-order valence-electron chi connectivity index (χ4n) is 3.75. The van der Waals surface area contributed by atoms with Gasteiger partial charge in [-0.1, -0.05) is 29.3 Å². The molecular weight excluding hydrogens is 411 g/mol. The number of H-pyrrole nitrogens is 1. The molecule has 1 aliphatic rings. The van der Waals surface area contributed by atoms with Gasteiger partial charge in [-0.15, -0.1) is 5.10 Å². The van der Waals surface area contributed by atoms with Crippen LogP contribution in [0.1, 0.15) is 30.1 Å². The molecule has 0 bridgehead atoms. The zero-order valence-electron chi connectivity index (χ0n) is 16.1. The molecule has 2 aromatic carbocycles. The molecule has 1 aliphatic heterocycles. The molecule has 0 aliphatic carbocycles. The molecule has 1 aromatic heterocycles. The molecule has 0 spiro atoms. The molecule has 0 radical (unpaired) electrons. The Kier molecular flexibility index (Phi) is 5.94. The Balaban J connectivity index is 1.52. The number of rotatable bonds is 5. The summed E-state index contributed by atoms with van der Waals surface area (Å²) < 4.78 is 6.57. The molecule has 152 valence electrons. The van der Waals surface area contributed by atoms with Crippen molar-refractivity contribution in [3.05, 3.63) is 74.4 Å². The van der Waals surface area contributed by atoms with E-state index in [4.69, 9.17) is 27.9 Å². The van der Waals surface area contributed by atoms with Crippen molar-refractivity contribution in [1.82, 2.24) is 19.7 Å². The minimum atomic E-state index is -0.239. The van der Waals surface area contributed by atoms with Crippen LogP contribution in [-0.2, 0) is 6.54 Å². The lowest BCUT2D eigenvalue weighted by molar-refractivity contribution is 0.196. The molecule has 8 heteroatoms. The zero-order chi connectivity index (χ0) is 20.4. The topological polar surface area (TPSA) is 63.1 Å². The van der Waals surface area contributed by atoms with E-state index in [1.54, 1.807) is 7.11 Å². The minimum absolute atomic E-state index is 0.150. The van der Waals surface area contributed by atoms with Crippen molar-refractivity contribution < 1.29 is 4.74 Å². The first-order valence-corrected chi connectivity index (χ1v) is 10.3. The Morgan fingerprint density at radius 2 is 1.90 bits per heavy atom. The summed E-state index contributed by atoms with van der Waals surface area (Å²) in [6.45, 7) is 2.43. The molecule has 2 heterocycles. The number of nitrogens with one attached hydrogen (secondary N) is 1. The first-order valence-electron chi connectivity index (χ1n) is 9.54. The summed E-state index contributed by atoms with van der Waals surface area (Å²) in [5, 5.41) is 5.92. The number of aromatic nitrogens is 3. The molecule has 1 unspecified atom stereocenters. The highest BCUT2D eigenvalue weighted by molar-refractivity contribution is 6.35. The van der Waals surface area contributed by atoms with Gasteiger partial charge in [0.15, 0.2) is 0 Å². The number of benzene rings is 2. The second kappa shape index (κ2) is 8.61. The van der Waals surface area contributed by atoms with Crippen LogP contribution in [0.4, 0.5) is 0 Å². The average molecular weight is 433 g/mol.